The van der Waals surface area contributed by atoms with Gasteiger partial charge in [-0.25, -0.2) is 8.70 Å². The van der Waals surface area contributed by atoms with Crippen LogP contribution in [0.15, 0.2) is 48.5 Å². The van der Waals surface area contributed by atoms with Crippen molar-refractivity contribution < 1.29 is 22.4 Å². The van der Waals surface area contributed by atoms with E-state index in [1.807, 2.05) is 45.0 Å². The number of carbonyl (C=O) groups excluding carboxylic acids is 2. The van der Waals surface area contributed by atoms with Crippen molar-refractivity contribution in [1.82, 2.24) is 14.5 Å². The molecule has 10 heteroatoms. The summed E-state index contributed by atoms with van der Waals surface area (Å²) < 4.78 is 42.4. The minimum atomic E-state index is -4.21. The van der Waals surface area contributed by atoms with E-state index in [1.54, 1.807) is 6.92 Å². The number of nitrogens with one attached hydrogen (secondary N) is 1. The number of aryl methyl sites for hydroxylation is 1. The largest absolute Gasteiger partial charge is 0.352 e. The predicted octanol–water partition coefficient (Wildman–Crippen LogP) is 3.08. The molecule has 2 aromatic carbocycles. The fourth-order valence-corrected chi connectivity index (χ4v) is 4.44. The van der Waals surface area contributed by atoms with Gasteiger partial charge < -0.3 is 10.2 Å². The first kappa shape index (κ1) is 28.3. The third-order valence-electron chi connectivity index (χ3n) is 5.91. The molecule has 2 aromatic rings. The maximum absolute atomic E-state index is 14.6. The second-order valence-electron chi connectivity index (χ2n) is 8.69. The number of para-hydroxylation sites is 1. The number of rotatable bonds is 11. The van der Waals surface area contributed by atoms with Crippen molar-refractivity contribution in [2.75, 3.05) is 24.9 Å². The van der Waals surface area contributed by atoms with Crippen LogP contribution in [0, 0.1) is 12.7 Å². The Morgan fingerprint density at radius 2 is 1.63 bits per heavy atom. The van der Waals surface area contributed by atoms with Gasteiger partial charge in [-0.3, -0.25) is 9.59 Å². The summed E-state index contributed by atoms with van der Waals surface area (Å²) in [7, 11) is -1.60. The molecule has 2 atom stereocenters. The van der Waals surface area contributed by atoms with E-state index in [0.717, 1.165) is 25.8 Å². The Kier molecular flexibility index (Phi) is 9.79. The Morgan fingerprint density at radius 1 is 1.03 bits per heavy atom. The van der Waals surface area contributed by atoms with Crippen LogP contribution in [0.25, 0.3) is 0 Å². The summed E-state index contributed by atoms with van der Waals surface area (Å²) in [5, 5.41) is 2.87. The van der Waals surface area contributed by atoms with Crippen LogP contribution < -0.4 is 9.62 Å². The van der Waals surface area contributed by atoms with Crippen molar-refractivity contribution in [1.29, 1.82) is 0 Å². The second kappa shape index (κ2) is 12.1. The molecule has 0 aliphatic carbocycles. The van der Waals surface area contributed by atoms with Crippen molar-refractivity contribution in [3.63, 3.8) is 0 Å². The van der Waals surface area contributed by atoms with Crippen LogP contribution >= 0.6 is 0 Å². The van der Waals surface area contributed by atoms with Gasteiger partial charge in [0.1, 0.15) is 18.4 Å². The first-order valence-electron chi connectivity index (χ1n) is 11.5. The average molecular weight is 507 g/mol. The Bertz CT molecular complexity index is 1140. The van der Waals surface area contributed by atoms with Gasteiger partial charge in [0, 0.05) is 26.7 Å². The quantitative estimate of drug-likeness (QED) is 0.507. The lowest BCUT2D eigenvalue weighted by atomic mass is 10.1. The highest BCUT2D eigenvalue weighted by Crippen LogP contribution is 2.24. The van der Waals surface area contributed by atoms with Crippen LogP contribution in [0.1, 0.15) is 38.3 Å². The lowest BCUT2D eigenvalue weighted by Gasteiger charge is -2.33. The minimum absolute atomic E-state index is 0.0910. The Labute approximate surface area is 207 Å². The van der Waals surface area contributed by atoms with E-state index in [4.69, 9.17) is 0 Å². The van der Waals surface area contributed by atoms with E-state index in [9.17, 15) is 22.4 Å². The molecule has 8 nitrogen and oxygen atoms in total. The van der Waals surface area contributed by atoms with Gasteiger partial charge in [0.2, 0.25) is 11.8 Å². The summed E-state index contributed by atoms with van der Waals surface area (Å²) in [6.45, 7) is 6.71. The van der Waals surface area contributed by atoms with E-state index >= 15 is 0 Å². The molecule has 0 saturated carbocycles. The zero-order valence-electron chi connectivity index (χ0n) is 21.2. The van der Waals surface area contributed by atoms with E-state index < -0.39 is 34.5 Å². The maximum atomic E-state index is 14.6. The topological polar surface area (TPSA) is 90.0 Å². The van der Waals surface area contributed by atoms with E-state index in [1.165, 1.54) is 37.2 Å². The molecule has 0 unspecified atom stereocenters. The van der Waals surface area contributed by atoms with Crippen LogP contribution in [0.5, 0.6) is 0 Å². The van der Waals surface area contributed by atoms with Gasteiger partial charge in [0.15, 0.2) is 0 Å². The van der Waals surface area contributed by atoms with Crippen molar-refractivity contribution in [3.05, 3.63) is 65.5 Å². The summed E-state index contributed by atoms with van der Waals surface area (Å²) in [6, 6.07) is 11.8. The molecule has 0 aromatic heterocycles. The highest BCUT2D eigenvalue weighted by molar-refractivity contribution is 7.90. The maximum Gasteiger partial charge on any atom is 0.304 e. The van der Waals surface area contributed by atoms with Crippen LogP contribution in [0.3, 0.4) is 0 Å². The normalized spacial score (nSPS) is 13.3. The van der Waals surface area contributed by atoms with Crippen LogP contribution in [0.2, 0.25) is 0 Å². The molecule has 0 aliphatic rings. The lowest BCUT2D eigenvalue weighted by molar-refractivity contribution is -0.139. The highest BCUT2D eigenvalue weighted by atomic mass is 32.2. The van der Waals surface area contributed by atoms with Gasteiger partial charge in [-0.15, -0.1) is 0 Å². The number of anilines is 1. The third kappa shape index (κ3) is 7.02. The highest BCUT2D eigenvalue weighted by Gasteiger charge is 2.34. The number of hydrogen-bond donors (Lipinski definition) is 1. The molecule has 1 N–H and O–H groups in total. The summed E-state index contributed by atoms with van der Waals surface area (Å²) in [5.74, 6) is -1.76. The summed E-state index contributed by atoms with van der Waals surface area (Å²) in [6.07, 6.45) is 0.715. The molecule has 0 fully saturated rings. The van der Waals surface area contributed by atoms with E-state index in [-0.39, 0.29) is 24.2 Å². The number of halogens is 1. The van der Waals surface area contributed by atoms with E-state index in [0.29, 0.717) is 6.42 Å². The summed E-state index contributed by atoms with van der Waals surface area (Å²) >= 11 is 0. The molecule has 0 saturated heterocycles. The number of nitrogens with zero attached hydrogens (tertiary/aromatic N) is 3. The Hall–Kier alpha value is -2.98. The first-order chi connectivity index (χ1) is 16.4. The fraction of sp³-hybridized carbons (Fsp3) is 0.440. The molecule has 192 valence electrons. The number of amides is 2. The molecule has 0 radical (unpaired) electrons. The van der Waals surface area contributed by atoms with Gasteiger partial charge in [-0.05, 0) is 50.5 Å². The SMILES string of the molecule is CC[C@H](C)NC(=O)[C@H](C)N(Cc1ccccc1C)C(=O)CN(c1ccccc1F)S(=O)(=O)N(C)C. The second-order valence-corrected chi connectivity index (χ2v) is 10.8. The zero-order valence-corrected chi connectivity index (χ0v) is 22.0. The van der Waals surface area contributed by atoms with Crippen LogP contribution in [-0.2, 0) is 26.3 Å². The van der Waals surface area contributed by atoms with Crippen LogP contribution in [0.4, 0.5) is 10.1 Å². The standard InChI is InChI=1S/C25H35FN4O4S/c1-7-19(3)27-25(32)20(4)29(16-21-13-9-8-12-18(21)2)24(31)17-30(35(33,34)28(5)6)23-15-11-10-14-22(23)26/h8-15,19-20H,7,16-17H2,1-6H3,(H,27,32)/t19-,20-/m0/s1. The minimum Gasteiger partial charge on any atom is -0.352 e. The predicted molar refractivity (Wildman–Crippen MR) is 135 cm³/mol. The Morgan fingerprint density at radius 3 is 2.20 bits per heavy atom. The number of benzene rings is 2. The van der Waals surface area contributed by atoms with Gasteiger partial charge >= 0.3 is 10.2 Å². The molecule has 0 spiro atoms. The molecule has 2 amide bonds. The van der Waals surface area contributed by atoms with Gasteiger partial charge in [0.05, 0.1) is 5.69 Å². The Balaban J connectivity index is 2.48. The van der Waals surface area contributed by atoms with Gasteiger partial charge in [-0.2, -0.15) is 12.7 Å². The molecule has 2 rings (SSSR count). The monoisotopic (exact) mass is 506 g/mol. The molecule has 0 heterocycles. The smallest absolute Gasteiger partial charge is 0.304 e. The average Bonchev–Trinajstić information content (AvgIpc) is 2.81. The zero-order chi connectivity index (χ0) is 26.3. The summed E-state index contributed by atoms with van der Waals surface area (Å²) in [5.41, 5.74) is 1.49. The number of carbonyl (C=O) groups is 2. The molecule has 35 heavy (non-hydrogen) atoms. The van der Waals surface area contributed by atoms with Crippen molar-refractivity contribution in [2.24, 2.45) is 0 Å². The van der Waals surface area contributed by atoms with Crippen LogP contribution in [-0.4, -0.2) is 62.2 Å². The first-order valence-corrected chi connectivity index (χ1v) is 12.9. The van der Waals surface area contributed by atoms with Crippen molar-refractivity contribution in [3.8, 4) is 0 Å². The molecule has 0 aliphatic heterocycles. The molecular formula is C25H35FN4O4S. The van der Waals surface area contributed by atoms with Crippen molar-refractivity contribution >= 4 is 27.7 Å². The van der Waals surface area contributed by atoms with Crippen molar-refractivity contribution in [2.45, 2.75) is 52.7 Å². The molecule has 0 bridgehead atoms. The fourth-order valence-electron chi connectivity index (χ4n) is 3.37. The van der Waals surface area contributed by atoms with E-state index in [2.05, 4.69) is 5.32 Å². The lowest BCUT2D eigenvalue weighted by Crippen LogP contribution is -2.53. The van der Waals surface area contributed by atoms with Gasteiger partial charge in [-0.1, -0.05) is 43.3 Å². The third-order valence-corrected chi connectivity index (χ3v) is 7.72. The summed E-state index contributed by atoms with van der Waals surface area (Å²) in [4.78, 5) is 27.9. The van der Waals surface area contributed by atoms with Gasteiger partial charge in [0.25, 0.3) is 0 Å². The molecular weight excluding hydrogens is 471 g/mol. The number of hydrogen-bond acceptors (Lipinski definition) is 4.